The summed E-state index contributed by atoms with van der Waals surface area (Å²) in [5, 5.41) is 8.32. The molecule has 0 heterocycles. The van der Waals surface area contributed by atoms with Crippen molar-refractivity contribution in [1.29, 1.82) is 5.26 Å². The van der Waals surface area contributed by atoms with E-state index in [1.807, 2.05) is 24.3 Å². The van der Waals surface area contributed by atoms with Crippen molar-refractivity contribution in [2.24, 2.45) is 0 Å². The average Bonchev–Trinajstić information content (AvgIpc) is 2.16. The fourth-order valence-corrected chi connectivity index (χ4v) is 0.996. The van der Waals surface area contributed by atoms with Crippen LogP contribution >= 0.6 is 0 Å². The van der Waals surface area contributed by atoms with Gasteiger partial charge in [-0.05, 0) is 0 Å². The van der Waals surface area contributed by atoms with E-state index in [2.05, 4.69) is 21.8 Å². The number of nitrogens with zero attached hydrogens (tertiary/aromatic N) is 1. The average molecular weight is 163 g/mol. The fourth-order valence-electron chi connectivity index (χ4n) is 0.714. The van der Waals surface area contributed by atoms with Gasteiger partial charge in [0, 0.05) is 0 Å². The molecule has 0 spiro atoms. The van der Waals surface area contributed by atoms with E-state index in [4.69, 9.17) is 5.26 Å². The van der Waals surface area contributed by atoms with Crippen LogP contribution in [0.3, 0.4) is 0 Å². The third-order valence-corrected chi connectivity index (χ3v) is 1.72. The molecule has 2 heteroatoms. The molecule has 0 radical (unpaired) electrons. The second kappa shape index (κ2) is 2.38. The number of hydrogen-bond acceptors (Lipinski definition) is 1. The molecule has 0 bridgehead atoms. The van der Waals surface area contributed by atoms with Gasteiger partial charge in [0.05, 0.1) is 0 Å². The third kappa shape index (κ3) is 1.44. The van der Waals surface area contributed by atoms with E-state index in [0.717, 1.165) is 0 Å². The van der Waals surface area contributed by atoms with E-state index >= 15 is 0 Å². The SMILES string of the molecule is N#CC[C]1([Co])C=CC=C1. The zero-order valence-corrected chi connectivity index (χ0v) is 5.84. The standard InChI is InChI=1S/C7H6N.Co/c8-6-5-7-3-1-2-4-7;/h1-4H,5H2;. The Kier molecular flexibility index (Phi) is 1.74. The van der Waals surface area contributed by atoms with Crippen LogP contribution in [0.5, 0.6) is 0 Å². The third-order valence-electron chi connectivity index (χ3n) is 1.18. The number of rotatable bonds is 1. The zero-order chi connectivity index (χ0) is 6.74. The number of hydrogen-bond donors (Lipinski definition) is 0. The molecule has 0 aromatic carbocycles. The Labute approximate surface area is 62.6 Å². The molecule has 0 unspecified atom stereocenters. The molecule has 0 saturated heterocycles. The van der Waals surface area contributed by atoms with Crippen molar-refractivity contribution in [2.75, 3.05) is 0 Å². The van der Waals surface area contributed by atoms with Crippen molar-refractivity contribution in [2.45, 2.75) is 10.8 Å². The minimum absolute atomic E-state index is 0.290. The summed E-state index contributed by atoms with van der Waals surface area (Å²) in [6.45, 7) is 0. The second-order valence-electron chi connectivity index (χ2n) is 1.94. The molecule has 0 atom stereocenters. The van der Waals surface area contributed by atoms with Gasteiger partial charge in [-0.2, -0.15) is 0 Å². The summed E-state index contributed by atoms with van der Waals surface area (Å²) in [5.41, 5.74) is 0. The monoisotopic (exact) mass is 163 g/mol. The van der Waals surface area contributed by atoms with Crippen LogP contribution in [-0.4, -0.2) is 0 Å². The summed E-state index contributed by atoms with van der Waals surface area (Å²) in [5.74, 6) is 0. The van der Waals surface area contributed by atoms with Crippen LogP contribution < -0.4 is 0 Å². The van der Waals surface area contributed by atoms with E-state index in [1.54, 1.807) is 0 Å². The van der Waals surface area contributed by atoms with Gasteiger partial charge in [0.15, 0.2) is 0 Å². The number of nitriles is 1. The molecule has 48 valence electrons. The van der Waals surface area contributed by atoms with Gasteiger partial charge in [0.25, 0.3) is 0 Å². The Morgan fingerprint density at radius 3 is 2.44 bits per heavy atom. The van der Waals surface area contributed by atoms with E-state index in [0.29, 0.717) is 6.42 Å². The normalized spacial score (nSPS) is 20.1. The Morgan fingerprint density at radius 2 is 2.00 bits per heavy atom. The Morgan fingerprint density at radius 1 is 1.44 bits per heavy atom. The first kappa shape index (κ1) is 6.59. The van der Waals surface area contributed by atoms with Crippen molar-refractivity contribution in [3.05, 3.63) is 24.3 Å². The Balaban J connectivity index is 2.67. The summed E-state index contributed by atoms with van der Waals surface area (Å²) in [4.78, 5) is 0. The van der Waals surface area contributed by atoms with Crippen molar-refractivity contribution in [3.8, 4) is 6.07 Å². The van der Waals surface area contributed by atoms with Crippen LogP contribution in [0.25, 0.3) is 0 Å². The summed E-state index contributed by atoms with van der Waals surface area (Å²) in [6, 6.07) is 2.07. The van der Waals surface area contributed by atoms with Crippen LogP contribution in [0.4, 0.5) is 0 Å². The maximum atomic E-state index is 8.32. The fraction of sp³-hybridized carbons (Fsp3) is 0.286. The number of allylic oxidation sites excluding steroid dienone is 4. The molecule has 1 rings (SSSR count). The predicted molar refractivity (Wildman–Crippen MR) is 31.2 cm³/mol. The van der Waals surface area contributed by atoms with Gasteiger partial charge in [-0.25, -0.2) is 0 Å². The molecule has 0 fully saturated rings. The maximum absolute atomic E-state index is 8.32. The van der Waals surface area contributed by atoms with E-state index in [-0.39, 0.29) is 4.35 Å². The molecule has 1 aliphatic rings. The van der Waals surface area contributed by atoms with Crippen LogP contribution in [-0.2, 0) is 15.7 Å². The van der Waals surface area contributed by atoms with Crippen molar-refractivity contribution >= 4 is 0 Å². The molecule has 9 heavy (non-hydrogen) atoms. The quantitative estimate of drug-likeness (QED) is 0.577. The summed E-state index contributed by atoms with van der Waals surface area (Å²) in [7, 11) is 0. The van der Waals surface area contributed by atoms with E-state index in [9.17, 15) is 0 Å². The van der Waals surface area contributed by atoms with Crippen LogP contribution in [0, 0.1) is 11.3 Å². The first-order chi connectivity index (χ1) is 4.27. The van der Waals surface area contributed by atoms with E-state index in [1.165, 1.54) is 0 Å². The zero-order valence-electron chi connectivity index (χ0n) is 4.80. The molecule has 0 aromatic rings. The van der Waals surface area contributed by atoms with Gasteiger partial charge >= 0.3 is 62.1 Å². The van der Waals surface area contributed by atoms with Gasteiger partial charge in [0.1, 0.15) is 0 Å². The molecule has 1 nitrogen and oxygen atoms in total. The van der Waals surface area contributed by atoms with Crippen molar-refractivity contribution in [3.63, 3.8) is 0 Å². The van der Waals surface area contributed by atoms with Crippen LogP contribution in [0.2, 0.25) is 4.35 Å². The Hall–Kier alpha value is -0.524. The molecular formula is C7H6CoN. The van der Waals surface area contributed by atoms with Gasteiger partial charge in [0.2, 0.25) is 0 Å². The first-order valence-electron chi connectivity index (χ1n) is 2.67. The van der Waals surface area contributed by atoms with Gasteiger partial charge in [-0.3, -0.25) is 0 Å². The topological polar surface area (TPSA) is 23.8 Å². The minimum atomic E-state index is -0.290. The van der Waals surface area contributed by atoms with Gasteiger partial charge in [-0.15, -0.1) is 0 Å². The van der Waals surface area contributed by atoms with Gasteiger partial charge in [-0.1, -0.05) is 0 Å². The van der Waals surface area contributed by atoms with Gasteiger partial charge < -0.3 is 0 Å². The van der Waals surface area contributed by atoms with E-state index < -0.39 is 0 Å². The molecular weight excluding hydrogens is 157 g/mol. The van der Waals surface area contributed by atoms with Crippen LogP contribution in [0.1, 0.15) is 6.42 Å². The predicted octanol–water partition coefficient (Wildman–Crippen LogP) is 1.73. The molecule has 0 saturated carbocycles. The van der Waals surface area contributed by atoms with Crippen molar-refractivity contribution < 1.29 is 15.7 Å². The summed E-state index contributed by atoms with van der Waals surface area (Å²) in [6.07, 6.45) is 8.08. The first-order valence-corrected chi connectivity index (χ1v) is 3.20. The molecule has 0 aromatic heterocycles. The van der Waals surface area contributed by atoms with Crippen LogP contribution in [0.15, 0.2) is 24.3 Å². The molecule has 0 N–H and O–H groups in total. The van der Waals surface area contributed by atoms with Crippen molar-refractivity contribution in [1.82, 2.24) is 0 Å². The Bertz CT molecular complexity index is 185. The summed E-state index contributed by atoms with van der Waals surface area (Å²) < 4.78 is -0.290. The molecule has 0 aliphatic heterocycles. The second-order valence-corrected chi connectivity index (χ2v) is 2.91. The summed E-state index contributed by atoms with van der Waals surface area (Å²) >= 11 is 4.32. The molecule has 1 aliphatic carbocycles. The molecule has 0 amide bonds.